The highest BCUT2D eigenvalue weighted by Gasteiger charge is 2.24. The fraction of sp³-hybridized carbons (Fsp3) is 0.933. The molecule has 0 aromatic rings. The minimum atomic E-state index is 0.222. The predicted molar refractivity (Wildman–Crippen MR) is 78.1 cm³/mol. The number of nitrogens with one attached hydrogen (secondary N) is 2. The summed E-state index contributed by atoms with van der Waals surface area (Å²) in [4.78, 5) is 14.4. The highest BCUT2D eigenvalue weighted by atomic mass is 16.2. The summed E-state index contributed by atoms with van der Waals surface area (Å²) in [6.07, 6.45) is 7.72. The standard InChI is InChI=1S/C15H29N3O/c1-2-14(13-6-4-3-5-7-13)17-15(19)12-18-10-8-16-9-11-18/h13-14,16H,2-12H2,1H3,(H,17,19). The van der Waals surface area contributed by atoms with Gasteiger partial charge in [0.1, 0.15) is 0 Å². The fourth-order valence-electron chi connectivity index (χ4n) is 3.41. The van der Waals surface area contributed by atoms with Gasteiger partial charge in [-0.3, -0.25) is 9.69 Å². The van der Waals surface area contributed by atoms with Crippen molar-refractivity contribution in [2.45, 2.75) is 51.5 Å². The van der Waals surface area contributed by atoms with E-state index in [2.05, 4.69) is 22.5 Å². The smallest absolute Gasteiger partial charge is 0.234 e. The monoisotopic (exact) mass is 267 g/mol. The number of piperazine rings is 1. The number of carbonyl (C=O) groups is 1. The van der Waals surface area contributed by atoms with Crippen LogP contribution in [0.3, 0.4) is 0 Å². The van der Waals surface area contributed by atoms with Crippen molar-refractivity contribution >= 4 is 5.91 Å². The molecule has 0 bridgehead atoms. The maximum Gasteiger partial charge on any atom is 0.234 e. The van der Waals surface area contributed by atoms with Gasteiger partial charge in [0.05, 0.1) is 6.54 Å². The first-order chi connectivity index (χ1) is 9.29. The first-order valence-electron chi connectivity index (χ1n) is 8.02. The minimum Gasteiger partial charge on any atom is -0.352 e. The highest BCUT2D eigenvalue weighted by Crippen LogP contribution is 2.27. The van der Waals surface area contributed by atoms with Crippen molar-refractivity contribution in [3.05, 3.63) is 0 Å². The number of hydrogen-bond donors (Lipinski definition) is 2. The third-order valence-electron chi connectivity index (χ3n) is 4.58. The zero-order valence-electron chi connectivity index (χ0n) is 12.3. The number of carbonyl (C=O) groups excluding carboxylic acids is 1. The van der Waals surface area contributed by atoms with Gasteiger partial charge in [-0.1, -0.05) is 26.2 Å². The van der Waals surface area contributed by atoms with Gasteiger partial charge in [0.15, 0.2) is 0 Å². The Hall–Kier alpha value is -0.610. The van der Waals surface area contributed by atoms with E-state index in [4.69, 9.17) is 0 Å². The largest absolute Gasteiger partial charge is 0.352 e. The van der Waals surface area contributed by atoms with Crippen LogP contribution in [-0.2, 0) is 4.79 Å². The molecule has 1 aliphatic heterocycles. The van der Waals surface area contributed by atoms with Gasteiger partial charge in [-0.25, -0.2) is 0 Å². The summed E-state index contributed by atoms with van der Waals surface area (Å²) in [6.45, 7) is 6.77. The van der Waals surface area contributed by atoms with Crippen molar-refractivity contribution in [1.82, 2.24) is 15.5 Å². The van der Waals surface area contributed by atoms with Gasteiger partial charge in [0, 0.05) is 32.2 Å². The van der Waals surface area contributed by atoms with Crippen LogP contribution in [-0.4, -0.2) is 49.6 Å². The number of nitrogens with zero attached hydrogens (tertiary/aromatic N) is 1. The van der Waals surface area contributed by atoms with Gasteiger partial charge < -0.3 is 10.6 Å². The lowest BCUT2D eigenvalue weighted by atomic mass is 9.83. The van der Waals surface area contributed by atoms with Gasteiger partial charge in [0.25, 0.3) is 0 Å². The van der Waals surface area contributed by atoms with Gasteiger partial charge in [-0.2, -0.15) is 0 Å². The second-order valence-corrected chi connectivity index (χ2v) is 6.01. The number of amides is 1. The molecule has 1 heterocycles. The average Bonchev–Trinajstić information content (AvgIpc) is 2.47. The molecule has 19 heavy (non-hydrogen) atoms. The first kappa shape index (κ1) is 14.8. The van der Waals surface area contributed by atoms with E-state index in [1.165, 1.54) is 32.1 Å². The summed E-state index contributed by atoms with van der Waals surface area (Å²) in [5, 5.41) is 6.60. The van der Waals surface area contributed by atoms with E-state index in [0.717, 1.165) is 32.6 Å². The van der Waals surface area contributed by atoms with Gasteiger partial charge >= 0.3 is 0 Å². The van der Waals surface area contributed by atoms with Crippen LogP contribution >= 0.6 is 0 Å². The van der Waals surface area contributed by atoms with E-state index < -0.39 is 0 Å². The molecule has 0 aromatic heterocycles. The molecule has 0 aromatic carbocycles. The van der Waals surface area contributed by atoms with Crippen molar-refractivity contribution in [2.75, 3.05) is 32.7 Å². The summed E-state index contributed by atoms with van der Waals surface area (Å²) < 4.78 is 0. The average molecular weight is 267 g/mol. The molecule has 1 amide bonds. The minimum absolute atomic E-state index is 0.222. The highest BCUT2D eigenvalue weighted by molar-refractivity contribution is 5.78. The molecule has 0 radical (unpaired) electrons. The molecule has 1 atom stereocenters. The second kappa shape index (κ2) is 7.85. The van der Waals surface area contributed by atoms with Crippen LogP contribution < -0.4 is 10.6 Å². The van der Waals surface area contributed by atoms with E-state index in [1.54, 1.807) is 0 Å². The van der Waals surface area contributed by atoms with E-state index >= 15 is 0 Å². The van der Waals surface area contributed by atoms with Crippen LogP contribution in [0, 0.1) is 5.92 Å². The van der Waals surface area contributed by atoms with Crippen LogP contribution in [0.2, 0.25) is 0 Å². The van der Waals surface area contributed by atoms with Crippen LogP contribution in [0.1, 0.15) is 45.4 Å². The van der Waals surface area contributed by atoms with E-state index in [1.807, 2.05) is 0 Å². The normalized spacial score (nSPS) is 24.1. The lowest BCUT2D eigenvalue weighted by molar-refractivity contribution is -0.123. The fourth-order valence-corrected chi connectivity index (χ4v) is 3.41. The summed E-state index contributed by atoms with van der Waals surface area (Å²) in [5.74, 6) is 0.935. The Kier molecular flexibility index (Phi) is 6.11. The number of rotatable bonds is 5. The van der Waals surface area contributed by atoms with Gasteiger partial charge in [0.2, 0.25) is 5.91 Å². The Balaban J connectivity index is 1.74. The number of hydrogen-bond acceptors (Lipinski definition) is 3. The van der Waals surface area contributed by atoms with Crippen molar-refractivity contribution < 1.29 is 4.79 Å². The second-order valence-electron chi connectivity index (χ2n) is 6.01. The Morgan fingerprint density at radius 3 is 2.58 bits per heavy atom. The maximum absolute atomic E-state index is 12.2. The molecule has 2 fully saturated rings. The molecular formula is C15H29N3O. The van der Waals surface area contributed by atoms with Gasteiger partial charge in [-0.15, -0.1) is 0 Å². The molecule has 1 saturated heterocycles. The van der Waals surface area contributed by atoms with E-state index in [-0.39, 0.29) is 5.91 Å². The summed E-state index contributed by atoms with van der Waals surface area (Å²) in [7, 11) is 0. The quantitative estimate of drug-likeness (QED) is 0.791. The maximum atomic E-state index is 12.2. The first-order valence-corrected chi connectivity index (χ1v) is 8.02. The van der Waals surface area contributed by atoms with E-state index in [0.29, 0.717) is 18.5 Å². The summed E-state index contributed by atoms with van der Waals surface area (Å²) >= 11 is 0. The third-order valence-corrected chi connectivity index (χ3v) is 4.58. The summed E-state index contributed by atoms with van der Waals surface area (Å²) in [6, 6.07) is 0.399. The topological polar surface area (TPSA) is 44.4 Å². The molecule has 2 N–H and O–H groups in total. The molecular weight excluding hydrogens is 238 g/mol. The predicted octanol–water partition coefficient (Wildman–Crippen LogP) is 1.37. The van der Waals surface area contributed by atoms with Crippen LogP contribution in [0.5, 0.6) is 0 Å². The Morgan fingerprint density at radius 2 is 1.95 bits per heavy atom. The Morgan fingerprint density at radius 1 is 1.26 bits per heavy atom. The molecule has 2 aliphatic rings. The van der Waals surface area contributed by atoms with Crippen LogP contribution in [0.15, 0.2) is 0 Å². The van der Waals surface area contributed by atoms with E-state index in [9.17, 15) is 4.79 Å². The third kappa shape index (κ3) is 4.77. The van der Waals surface area contributed by atoms with Crippen molar-refractivity contribution in [3.63, 3.8) is 0 Å². The molecule has 1 unspecified atom stereocenters. The molecule has 110 valence electrons. The van der Waals surface area contributed by atoms with Crippen molar-refractivity contribution in [3.8, 4) is 0 Å². The van der Waals surface area contributed by atoms with Crippen molar-refractivity contribution in [1.29, 1.82) is 0 Å². The van der Waals surface area contributed by atoms with Gasteiger partial charge in [-0.05, 0) is 25.2 Å². The zero-order chi connectivity index (χ0) is 13.5. The molecule has 4 nitrogen and oxygen atoms in total. The lowest BCUT2D eigenvalue weighted by Crippen LogP contribution is -2.50. The molecule has 0 spiro atoms. The lowest BCUT2D eigenvalue weighted by Gasteiger charge is -2.32. The van der Waals surface area contributed by atoms with Crippen molar-refractivity contribution in [2.24, 2.45) is 5.92 Å². The molecule has 2 rings (SSSR count). The molecule has 1 aliphatic carbocycles. The molecule has 1 saturated carbocycles. The van der Waals surface area contributed by atoms with Crippen LogP contribution in [0.4, 0.5) is 0 Å². The summed E-state index contributed by atoms with van der Waals surface area (Å²) in [5.41, 5.74) is 0. The van der Waals surface area contributed by atoms with Crippen LogP contribution in [0.25, 0.3) is 0 Å². The molecule has 4 heteroatoms. The Labute approximate surface area is 117 Å². The SMILES string of the molecule is CCC(NC(=O)CN1CCNCC1)C1CCCCC1. The zero-order valence-corrected chi connectivity index (χ0v) is 12.3. The Bertz CT molecular complexity index is 271.